The highest BCUT2D eigenvalue weighted by Crippen LogP contribution is 2.43. The molecule has 3 aliphatic rings. The van der Waals surface area contributed by atoms with Crippen molar-refractivity contribution in [3.63, 3.8) is 0 Å². The van der Waals surface area contributed by atoms with Crippen molar-refractivity contribution < 1.29 is 19.1 Å². The lowest BCUT2D eigenvalue weighted by Crippen LogP contribution is -2.40. The van der Waals surface area contributed by atoms with Crippen LogP contribution in [0.15, 0.2) is 12.1 Å². The van der Waals surface area contributed by atoms with Crippen LogP contribution < -0.4 is 5.48 Å². The van der Waals surface area contributed by atoms with Crippen LogP contribution in [0.3, 0.4) is 0 Å². The minimum Gasteiger partial charge on any atom is -0.375 e. The largest absolute Gasteiger partial charge is 0.375 e. The molecule has 2 N–H and O–H groups in total. The number of hydrogen-bond donors (Lipinski definition) is 2. The van der Waals surface area contributed by atoms with Crippen LogP contribution in [-0.2, 0) is 17.7 Å². The van der Waals surface area contributed by atoms with Crippen molar-refractivity contribution in [3.05, 3.63) is 34.6 Å². The van der Waals surface area contributed by atoms with E-state index in [1.807, 2.05) is 0 Å². The second-order valence-corrected chi connectivity index (χ2v) is 7.29. The molecule has 2 heterocycles. The molecule has 6 heteroatoms. The van der Waals surface area contributed by atoms with Gasteiger partial charge in [0.2, 0.25) is 0 Å². The molecule has 1 saturated carbocycles. The Balaban J connectivity index is 1.51. The van der Waals surface area contributed by atoms with Gasteiger partial charge in [-0.05, 0) is 56.2 Å². The number of carbonyl (C=O) groups excluding carboxylic acids is 1. The average Bonchev–Trinajstić information content (AvgIpc) is 3.24. The summed E-state index contributed by atoms with van der Waals surface area (Å²) in [4.78, 5) is 13.9. The SMILES string of the molecule is O=C(NO)c1cc(F)c2c(c1)CCN([C@@H]1CC[C@@]3(CCCO3)C1)C2. The quantitative estimate of drug-likeness (QED) is 0.644. The molecule has 1 spiro atoms. The highest BCUT2D eigenvalue weighted by atomic mass is 19.1. The smallest absolute Gasteiger partial charge is 0.274 e. The standard InChI is InChI=1S/C18H23FN2O3/c19-16-9-13(17(22)20-23)8-12-3-6-21(11-15(12)16)14-2-5-18(10-14)4-1-7-24-18/h8-9,14,23H,1-7,10-11H2,(H,20,22)/t14-,18+/m1/s1. The third-order valence-electron chi connectivity index (χ3n) is 5.92. The zero-order chi connectivity index (χ0) is 16.7. The molecule has 1 aliphatic carbocycles. The minimum absolute atomic E-state index is 0.0760. The molecular formula is C18H23FN2O3. The van der Waals surface area contributed by atoms with Gasteiger partial charge in [0.1, 0.15) is 5.82 Å². The van der Waals surface area contributed by atoms with Crippen LogP contribution in [-0.4, -0.2) is 40.8 Å². The first-order valence-electron chi connectivity index (χ1n) is 8.74. The molecule has 1 aromatic rings. The fourth-order valence-corrected chi connectivity index (χ4v) is 4.64. The number of rotatable bonds is 2. The Morgan fingerprint density at radius 2 is 2.29 bits per heavy atom. The van der Waals surface area contributed by atoms with Crippen LogP contribution in [0.2, 0.25) is 0 Å². The highest BCUT2D eigenvalue weighted by Gasteiger charge is 2.44. The number of carbonyl (C=O) groups is 1. The third kappa shape index (κ3) is 2.72. The minimum atomic E-state index is -0.671. The predicted octanol–water partition coefficient (Wildman–Crippen LogP) is 2.40. The van der Waals surface area contributed by atoms with Crippen molar-refractivity contribution in [2.75, 3.05) is 13.2 Å². The second kappa shape index (κ2) is 6.10. The van der Waals surface area contributed by atoms with Crippen molar-refractivity contribution in [2.24, 2.45) is 0 Å². The Hall–Kier alpha value is -1.50. The maximum absolute atomic E-state index is 14.5. The number of nitrogens with one attached hydrogen (secondary N) is 1. The van der Waals surface area contributed by atoms with E-state index < -0.39 is 5.91 Å². The number of fused-ring (bicyclic) bond motifs is 1. The molecule has 1 saturated heterocycles. The van der Waals surface area contributed by atoms with Gasteiger partial charge < -0.3 is 4.74 Å². The number of hydroxylamine groups is 1. The van der Waals surface area contributed by atoms with Gasteiger partial charge in [-0.1, -0.05) is 0 Å². The molecule has 130 valence electrons. The van der Waals surface area contributed by atoms with E-state index in [4.69, 9.17) is 9.94 Å². The van der Waals surface area contributed by atoms with E-state index >= 15 is 0 Å². The number of ether oxygens (including phenoxy) is 1. The average molecular weight is 334 g/mol. The highest BCUT2D eigenvalue weighted by molar-refractivity contribution is 5.93. The second-order valence-electron chi connectivity index (χ2n) is 7.29. The van der Waals surface area contributed by atoms with E-state index in [1.165, 1.54) is 6.07 Å². The van der Waals surface area contributed by atoms with Crippen LogP contribution in [0.25, 0.3) is 0 Å². The zero-order valence-electron chi connectivity index (χ0n) is 13.7. The van der Waals surface area contributed by atoms with E-state index in [0.29, 0.717) is 18.2 Å². The summed E-state index contributed by atoms with van der Waals surface area (Å²) in [7, 11) is 0. The van der Waals surface area contributed by atoms with E-state index in [2.05, 4.69) is 4.90 Å². The molecule has 4 rings (SSSR count). The molecule has 2 atom stereocenters. The molecule has 0 bridgehead atoms. The number of halogens is 1. The summed E-state index contributed by atoms with van der Waals surface area (Å²) in [5.41, 5.74) is 3.36. The van der Waals surface area contributed by atoms with Gasteiger partial charge in [-0.3, -0.25) is 14.9 Å². The third-order valence-corrected chi connectivity index (χ3v) is 5.92. The van der Waals surface area contributed by atoms with Crippen molar-refractivity contribution in [2.45, 2.75) is 56.7 Å². The van der Waals surface area contributed by atoms with E-state index in [0.717, 1.165) is 57.2 Å². The fourth-order valence-electron chi connectivity index (χ4n) is 4.64. The normalized spacial score (nSPS) is 29.8. The van der Waals surface area contributed by atoms with Gasteiger partial charge in [0.25, 0.3) is 5.91 Å². The van der Waals surface area contributed by atoms with Crippen molar-refractivity contribution in [3.8, 4) is 0 Å². The topological polar surface area (TPSA) is 61.8 Å². The molecule has 2 aliphatic heterocycles. The summed E-state index contributed by atoms with van der Waals surface area (Å²) >= 11 is 0. The molecule has 1 amide bonds. The first kappa shape index (κ1) is 16.0. The molecule has 0 unspecified atom stereocenters. The summed E-state index contributed by atoms with van der Waals surface area (Å²) in [5, 5.41) is 8.73. The maximum Gasteiger partial charge on any atom is 0.274 e. The molecule has 24 heavy (non-hydrogen) atoms. The summed E-state index contributed by atoms with van der Waals surface area (Å²) in [6, 6.07) is 3.36. The van der Waals surface area contributed by atoms with Crippen LogP contribution in [0.5, 0.6) is 0 Å². The van der Waals surface area contributed by atoms with Crippen LogP contribution in [0.4, 0.5) is 4.39 Å². The van der Waals surface area contributed by atoms with E-state index in [9.17, 15) is 9.18 Å². The summed E-state index contributed by atoms with van der Waals surface area (Å²) < 4.78 is 20.5. The molecule has 0 aromatic heterocycles. The van der Waals surface area contributed by atoms with Gasteiger partial charge >= 0.3 is 0 Å². The van der Waals surface area contributed by atoms with Gasteiger partial charge in [0, 0.05) is 36.9 Å². The lowest BCUT2D eigenvalue weighted by molar-refractivity contribution is 0.00287. The zero-order valence-corrected chi connectivity index (χ0v) is 13.7. The first-order chi connectivity index (χ1) is 11.6. The van der Waals surface area contributed by atoms with Gasteiger partial charge in [-0.25, -0.2) is 9.87 Å². The van der Waals surface area contributed by atoms with Crippen LogP contribution in [0, 0.1) is 5.82 Å². The fraction of sp³-hybridized carbons (Fsp3) is 0.611. The van der Waals surface area contributed by atoms with Gasteiger partial charge in [0.15, 0.2) is 0 Å². The molecule has 5 nitrogen and oxygen atoms in total. The van der Waals surface area contributed by atoms with E-state index in [1.54, 1.807) is 11.5 Å². The van der Waals surface area contributed by atoms with Gasteiger partial charge in [-0.15, -0.1) is 0 Å². The van der Waals surface area contributed by atoms with Gasteiger partial charge in [0.05, 0.1) is 5.60 Å². The van der Waals surface area contributed by atoms with Crippen LogP contribution in [0.1, 0.15) is 53.6 Å². The Morgan fingerprint density at radius 1 is 1.42 bits per heavy atom. The number of hydrogen-bond acceptors (Lipinski definition) is 4. The number of amides is 1. The number of benzene rings is 1. The molecule has 0 radical (unpaired) electrons. The Bertz CT molecular complexity index is 658. The number of nitrogens with zero attached hydrogens (tertiary/aromatic N) is 1. The lowest BCUT2D eigenvalue weighted by atomic mass is 9.94. The van der Waals surface area contributed by atoms with Crippen molar-refractivity contribution in [1.29, 1.82) is 0 Å². The summed E-state index contributed by atoms with van der Waals surface area (Å²) in [6.07, 6.45) is 6.31. The monoisotopic (exact) mass is 334 g/mol. The predicted molar refractivity (Wildman–Crippen MR) is 85.3 cm³/mol. The van der Waals surface area contributed by atoms with E-state index in [-0.39, 0.29) is 17.0 Å². The Morgan fingerprint density at radius 3 is 3.04 bits per heavy atom. The van der Waals surface area contributed by atoms with Crippen LogP contribution >= 0.6 is 0 Å². The molecule has 1 aromatic carbocycles. The van der Waals surface area contributed by atoms with Crippen molar-refractivity contribution >= 4 is 5.91 Å². The first-order valence-corrected chi connectivity index (χ1v) is 8.74. The Kier molecular flexibility index (Phi) is 4.06. The lowest BCUT2D eigenvalue weighted by Gasteiger charge is -2.35. The van der Waals surface area contributed by atoms with Gasteiger partial charge in [-0.2, -0.15) is 0 Å². The molecular weight excluding hydrogens is 311 g/mol. The summed E-state index contributed by atoms with van der Waals surface area (Å²) in [5.74, 6) is -1.03. The molecule has 2 fully saturated rings. The van der Waals surface area contributed by atoms with Crippen molar-refractivity contribution in [1.82, 2.24) is 10.4 Å². The summed E-state index contributed by atoms with van der Waals surface area (Å²) in [6.45, 7) is 2.33. The maximum atomic E-state index is 14.5. The Labute approximate surface area is 140 Å².